The quantitative estimate of drug-likeness (QED) is 0.216. The molecule has 0 aromatic heterocycles. The molecule has 0 aliphatic heterocycles. The highest BCUT2D eigenvalue weighted by atomic mass is 35.5. The second kappa shape index (κ2) is 10.1. The normalized spacial score (nSPS) is 11.6. The summed E-state index contributed by atoms with van der Waals surface area (Å²) in [5.41, 5.74) is 5.65. The third-order valence-corrected chi connectivity index (χ3v) is 5.06. The van der Waals surface area contributed by atoms with Crippen molar-refractivity contribution < 1.29 is 12.6 Å². The second-order valence-electron chi connectivity index (χ2n) is 6.35. The Bertz CT molecular complexity index is 1200. The summed E-state index contributed by atoms with van der Waals surface area (Å²) in [5, 5.41) is 8.96. The number of rotatable bonds is 6. The lowest BCUT2D eigenvalue weighted by Gasteiger charge is -2.11. The summed E-state index contributed by atoms with van der Waals surface area (Å²) in [7, 11) is -3.61. The van der Waals surface area contributed by atoms with Gasteiger partial charge in [0.1, 0.15) is 5.75 Å². The molecule has 160 valence electrons. The molecule has 0 radical (unpaired) electrons. The van der Waals surface area contributed by atoms with Gasteiger partial charge < -0.3 is 9.50 Å². The van der Waals surface area contributed by atoms with Crippen LogP contribution in [0.4, 0.5) is 5.69 Å². The van der Waals surface area contributed by atoms with E-state index in [4.69, 9.17) is 39.6 Å². The van der Waals surface area contributed by atoms with Gasteiger partial charge in [-0.15, -0.1) is 0 Å². The standard InChI is InChI=1S/C21H17Cl2N3O3S2/c1-31(27,28)29-19-12-4-15(5-13-19)20(14-2-6-16(22)7-3-14)25-26-21(30)24-18-10-8-17(23)9-11-18/h2-13H,1H3,(H2,24,26,30)/b25-20-. The predicted molar refractivity (Wildman–Crippen MR) is 130 cm³/mol. The summed E-state index contributed by atoms with van der Waals surface area (Å²) in [6.07, 6.45) is 0.986. The average Bonchev–Trinajstić information content (AvgIpc) is 2.71. The molecule has 2 N–H and O–H groups in total. The van der Waals surface area contributed by atoms with Crippen LogP contribution >= 0.6 is 35.4 Å². The topological polar surface area (TPSA) is 79.8 Å². The molecule has 0 atom stereocenters. The Kier molecular flexibility index (Phi) is 7.50. The molecule has 0 aliphatic carbocycles. The fourth-order valence-electron chi connectivity index (χ4n) is 2.55. The van der Waals surface area contributed by atoms with Crippen LogP contribution in [0.1, 0.15) is 11.1 Å². The van der Waals surface area contributed by atoms with E-state index in [1.807, 2.05) is 12.1 Å². The lowest BCUT2D eigenvalue weighted by Crippen LogP contribution is -2.25. The van der Waals surface area contributed by atoms with Crippen molar-refractivity contribution in [2.45, 2.75) is 0 Å². The first-order chi connectivity index (χ1) is 14.7. The monoisotopic (exact) mass is 493 g/mol. The van der Waals surface area contributed by atoms with Crippen molar-refractivity contribution in [2.24, 2.45) is 5.10 Å². The largest absolute Gasteiger partial charge is 0.383 e. The Hall–Kier alpha value is -2.65. The van der Waals surface area contributed by atoms with E-state index in [0.717, 1.165) is 17.5 Å². The highest BCUT2D eigenvalue weighted by Gasteiger charge is 2.10. The number of hydrogen-bond donors (Lipinski definition) is 2. The number of thiocarbonyl (C=S) groups is 1. The summed E-state index contributed by atoms with van der Waals surface area (Å²) < 4.78 is 27.5. The fraction of sp³-hybridized carbons (Fsp3) is 0.0476. The molecule has 3 rings (SSSR count). The van der Waals surface area contributed by atoms with Crippen molar-refractivity contribution in [3.63, 3.8) is 0 Å². The van der Waals surface area contributed by atoms with Crippen molar-refractivity contribution in [3.05, 3.63) is 94.0 Å². The van der Waals surface area contributed by atoms with Crippen LogP contribution in [0.15, 0.2) is 77.9 Å². The van der Waals surface area contributed by atoms with Gasteiger partial charge in [-0.3, -0.25) is 5.43 Å². The maximum absolute atomic E-state index is 11.3. The Morgan fingerprint density at radius 3 is 1.87 bits per heavy atom. The van der Waals surface area contributed by atoms with E-state index in [9.17, 15) is 8.42 Å². The zero-order chi connectivity index (χ0) is 22.4. The van der Waals surface area contributed by atoms with E-state index in [2.05, 4.69) is 15.8 Å². The molecule has 6 nitrogen and oxygen atoms in total. The maximum Gasteiger partial charge on any atom is 0.306 e. The number of benzene rings is 3. The first-order valence-electron chi connectivity index (χ1n) is 8.86. The van der Waals surface area contributed by atoms with Crippen molar-refractivity contribution in [1.29, 1.82) is 0 Å². The zero-order valence-electron chi connectivity index (χ0n) is 16.2. The molecule has 0 saturated heterocycles. The van der Waals surface area contributed by atoms with Gasteiger partial charge >= 0.3 is 10.1 Å². The number of nitrogens with one attached hydrogen (secondary N) is 2. The lowest BCUT2D eigenvalue weighted by molar-refractivity contribution is 0.493. The third-order valence-electron chi connectivity index (χ3n) is 3.86. The molecule has 3 aromatic carbocycles. The van der Waals surface area contributed by atoms with Crippen LogP contribution in [0.25, 0.3) is 0 Å². The van der Waals surface area contributed by atoms with E-state index in [0.29, 0.717) is 21.3 Å². The molecule has 0 amide bonds. The predicted octanol–water partition coefficient (Wildman–Crippen LogP) is 5.07. The molecule has 31 heavy (non-hydrogen) atoms. The van der Waals surface area contributed by atoms with Gasteiger partial charge in [0.05, 0.1) is 12.0 Å². The average molecular weight is 494 g/mol. The van der Waals surface area contributed by atoms with E-state index in [-0.39, 0.29) is 10.9 Å². The van der Waals surface area contributed by atoms with Crippen LogP contribution in [0.3, 0.4) is 0 Å². The van der Waals surface area contributed by atoms with Gasteiger partial charge in [-0.2, -0.15) is 13.5 Å². The maximum atomic E-state index is 11.3. The van der Waals surface area contributed by atoms with Crippen molar-refractivity contribution in [2.75, 3.05) is 11.6 Å². The summed E-state index contributed by atoms with van der Waals surface area (Å²) in [5.74, 6) is 0.203. The molecule has 0 heterocycles. The number of hydrazone groups is 1. The van der Waals surface area contributed by atoms with Crippen LogP contribution in [0, 0.1) is 0 Å². The van der Waals surface area contributed by atoms with Gasteiger partial charge in [-0.25, -0.2) is 0 Å². The minimum absolute atomic E-state index is 0.203. The van der Waals surface area contributed by atoms with Crippen molar-refractivity contribution in [1.82, 2.24) is 5.43 Å². The number of anilines is 1. The summed E-state index contributed by atoms with van der Waals surface area (Å²) in [4.78, 5) is 0. The molecular formula is C21H17Cl2N3O3S2. The molecule has 0 aliphatic rings. The van der Waals surface area contributed by atoms with Crippen LogP contribution in [-0.4, -0.2) is 25.5 Å². The Balaban J connectivity index is 1.85. The first-order valence-corrected chi connectivity index (χ1v) is 11.8. The molecule has 0 fully saturated rings. The minimum atomic E-state index is -3.61. The summed E-state index contributed by atoms with van der Waals surface area (Å²) in [6.45, 7) is 0. The highest BCUT2D eigenvalue weighted by molar-refractivity contribution is 7.86. The molecular weight excluding hydrogens is 477 g/mol. The fourth-order valence-corrected chi connectivity index (χ4v) is 3.42. The van der Waals surface area contributed by atoms with Gasteiger partial charge in [0.15, 0.2) is 5.11 Å². The minimum Gasteiger partial charge on any atom is -0.383 e. The molecule has 0 bridgehead atoms. The number of nitrogens with zero attached hydrogens (tertiary/aromatic N) is 1. The van der Waals surface area contributed by atoms with E-state index in [1.165, 1.54) is 0 Å². The van der Waals surface area contributed by atoms with E-state index < -0.39 is 10.1 Å². The van der Waals surface area contributed by atoms with Gasteiger partial charge in [-0.05, 0) is 72.9 Å². The van der Waals surface area contributed by atoms with Crippen LogP contribution in [0.2, 0.25) is 10.0 Å². The first kappa shape index (κ1) is 23.0. The van der Waals surface area contributed by atoms with Crippen LogP contribution in [-0.2, 0) is 10.1 Å². The van der Waals surface area contributed by atoms with Crippen molar-refractivity contribution >= 4 is 62.0 Å². The molecule has 0 spiro atoms. The third kappa shape index (κ3) is 7.22. The van der Waals surface area contributed by atoms with Gasteiger partial charge in [0.25, 0.3) is 0 Å². The summed E-state index contributed by atoms with van der Waals surface area (Å²) >= 11 is 17.2. The van der Waals surface area contributed by atoms with Crippen molar-refractivity contribution in [3.8, 4) is 5.75 Å². The highest BCUT2D eigenvalue weighted by Crippen LogP contribution is 2.19. The Morgan fingerprint density at radius 1 is 0.871 bits per heavy atom. The van der Waals surface area contributed by atoms with E-state index >= 15 is 0 Å². The molecule has 3 aromatic rings. The van der Waals surface area contributed by atoms with Crippen LogP contribution < -0.4 is 14.9 Å². The SMILES string of the molecule is CS(=O)(=O)Oc1ccc(/C(=N\NC(=S)Nc2ccc(Cl)cc2)c2ccc(Cl)cc2)cc1. The Labute approximate surface area is 196 Å². The van der Waals surface area contributed by atoms with Gasteiger partial charge in [0, 0.05) is 26.9 Å². The van der Waals surface area contributed by atoms with Gasteiger partial charge in [-0.1, -0.05) is 35.3 Å². The smallest absolute Gasteiger partial charge is 0.306 e. The lowest BCUT2D eigenvalue weighted by atomic mass is 10.0. The summed E-state index contributed by atoms with van der Waals surface area (Å²) in [6, 6.07) is 20.7. The molecule has 10 heteroatoms. The molecule has 0 saturated carbocycles. The second-order valence-corrected chi connectivity index (χ2v) is 9.21. The Morgan fingerprint density at radius 2 is 1.35 bits per heavy atom. The zero-order valence-corrected chi connectivity index (χ0v) is 19.3. The van der Waals surface area contributed by atoms with Crippen LogP contribution in [0.5, 0.6) is 5.75 Å². The molecule has 0 unspecified atom stereocenters. The van der Waals surface area contributed by atoms with Gasteiger partial charge in [0.2, 0.25) is 0 Å². The number of halogens is 2. The number of hydrogen-bond acceptors (Lipinski definition) is 5. The van der Waals surface area contributed by atoms with E-state index in [1.54, 1.807) is 60.7 Å².